The Morgan fingerprint density at radius 1 is 1.14 bits per heavy atom. The molecular weight excluding hydrogens is 180 g/mol. The molecule has 0 saturated carbocycles. The van der Waals surface area contributed by atoms with E-state index in [1.54, 1.807) is 14.2 Å². The number of ether oxygens (including phenoxy) is 2. The molecule has 0 rings (SSSR count). The Bertz CT molecular complexity index is 133. The summed E-state index contributed by atoms with van der Waals surface area (Å²) in [4.78, 5) is 0. The summed E-state index contributed by atoms with van der Waals surface area (Å²) < 4.78 is 10.3. The lowest BCUT2D eigenvalue weighted by Crippen LogP contribution is -2.40. The van der Waals surface area contributed by atoms with E-state index in [0.29, 0.717) is 6.61 Å². The summed E-state index contributed by atoms with van der Waals surface area (Å²) in [5.41, 5.74) is 11.7. The van der Waals surface area contributed by atoms with Crippen molar-refractivity contribution in [2.24, 2.45) is 11.5 Å². The van der Waals surface area contributed by atoms with E-state index in [1.165, 1.54) is 0 Å². The second-order valence-electron chi connectivity index (χ2n) is 3.64. The van der Waals surface area contributed by atoms with E-state index in [9.17, 15) is 0 Å². The van der Waals surface area contributed by atoms with E-state index in [2.05, 4.69) is 6.92 Å². The molecule has 14 heavy (non-hydrogen) atoms. The van der Waals surface area contributed by atoms with Crippen molar-refractivity contribution in [3.63, 3.8) is 0 Å². The van der Waals surface area contributed by atoms with Crippen molar-refractivity contribution in [1.29, 1.82) is 0 Å². The largest absolute Gasteiger partial charge is 0.383 e. The normalized spacial score (nSPS) is 17.8. The average Bonchev–Trinajstić information content (AvgIpc) is 2.18. The van der Waals surface area contributed by atoms with Gasteiger partial charge in [-0.15, -0.1) is 0 Å². The molecule has 0 bridgehead atoms. The van der Waals surface area contributed by atoms with Gasteiger partial charge in [0, 0.05) is 20.3 Å². The monoisotopic (exact) mass is 204 g/mol. The predicted octanol–water partition coefficient (Wildman–Crippen LogP) is 0.493. The van der Waals surface area contributed by atoms with Crippen LogP contribution in [0.1, 0.15) is 26.2 Å². The molecule has 4 heteroatoms. The molecule has 4 nitrogen and oxygen atoms in total. The van der Waals surface area contributed by atoms with Gasteiger partial charge < -0.3 is 20.9 Å². The minimum Gasteiger partial charge on any atom is -0.383 e. The summed E-state index contributed by atoms with van der Waals surface area (Å²) in [6.45, 7) is 2.61. The number of rotatable bonds is 8. The van der Waals surface area contributed by atoms with Gasteiger partial charge in [0.1, 0.15) is 0 Å². The van der Waals surface area contributed by atoms with Crippen LogP contribution < -0.4 is 11.5 Å². The summed E-state index contributed by atoms with van der Waals surface area (Å²) in [6, 6.07) is 0.191. The lowest BCUT2D eigenvalue weighted by molar-refractivity contribution is 0.0403. The molecule has 0 heterocycles. The topological polar surface area (TPSA) is 70.5 Å². The van der Waals surface area contributed by atoms with Gasteiger partial charge in [0.05, 0.1) is 18.8 Å². The first-order valence-corrected chi connectivity index (χ1v) is 5.18. The third-order valence-corrected chi connectivity index (χ3v) is 2.49. The molecule has 0 radical (unpaired) electrons. The maximum Gasteiger partial charge on any atom is 0.0745 e. The standard InChI is InChI=1S/C10H24N2O2/c1-4-8(11)5-6-10(14-3)9(12)7-13-2/h8-10H,4-7,11-12H2,1-3H3. The van der Waals surface area contributed by atoms with Crippen LogP contribution in [0, 0.1) is 0 Å². The molecule has 0 spiro atoms. The molecular formula is C10H24N2O2. The number of hydrogen-bond donors (Lipinski definition) is 2. The molecule has 4 N–H and O–H groups in total. The van der Waals surface area contributed by atoms with E-state index >= 15 is 0 Å². The van der Waals surface area contributed by atoms with Crippen molar-refractivity contribution in [2.75, 3.05) is 20.8 Å². The third kappa shape index (κ3) is 5.54. The first-order chi connectivity index (χ1) is 6.65. The second kappa shape index (κ2) is 8.17. The highest BCUT2D eigenvalue weighted by Crippen LogP contribution is 2.08. The smallest absolute Gasteiger partial charge is 0.0745 e. The zero-order chi connectivity index (χ0) is 11.0. The number of methoxy groups -OCH3 is 2. The van der Waals surface area contributed by atoms with Gasteiger partial charge in [-0.25, -0.2) is 0 Å². The minimum atomic E-state index is -0.0611. The van der Waals surface area contributed by atoms with Crippen LogP contribution in [0.5, 0.6) is 0 Å². The maximum absolute atomic E-state index is 5.88. The fourth-order valence-corrected chi connectivity index (χ4v) is 1.39. The van der Waals surface area contributed by atoms with Crippen LogP contribution in [-0.2, 0) is 9.47 Å². The highest BCUT2D eigenvalue weighted by Gasteiger charge is 2.17. The zero-order valence-corrected chi connectivity index (χ0v) is 9.53. The van der Waals surface area contributed by atoms with Gasteiger partial charge >= 0.3 is 0 Å². The van der Waals surface area contributed by atoms with Crippen LogP contribution in [0.3, 0.4) is 0 Å². The van der Waals surface area contributed by atoms with Crippen molar-refractivity contribution >= 4 is 0 Å². The lowest BCUT2D eigenvalue weighted by atomic mass is 10.0. The van der Waals surface area contributed by atoms with Gasteiger partial charge in [0.25, 0.3) is 0 Å². The van der Waals surface area contributed by atoms with E-state index < -0.39 is 0 Å². The van der Waals surface area contributed by atoms with E-state index in [4.69, 9.17) is 20.9 Å². The zero-order valence-electron chi connectivity index (χ0n) is 9.53. The molecule has 0 aliphatic heterocycles. The van der Waals surface area contributed by atoms with Crippen molar-refractivity contribution in [3.8, 4) is 0 Å². The Hall–Kier alpha value is -0.160. The Balaban J connectivity index is 3.77. The van der Waals surface area contributed by atoms with Crippen molar-refractivity contribution in [3.05, 3.63) is 0 Å². The Labute approximate surface area is 86.9 Å². The fraction of sp³-hybridized carbons (Fsp3) is 1.00. The van der Waals surface area contributed by atoms with Crippen molar-refractivity contribution < 1.29 is 9.47 Å². The molecule has 0 saturated heterocycles. The second-order valence-corrected chi connectivity index (χ2v) is 3.64. The lowest BCUT2D eigenvalue weighted by Gasteiger charge is -2.23. The van der Waals surface area contributed by atoms with Crippen LogP contribution in [0.25, 0.3) is 0 Å². The van der Waals surface area contributed by atoms with Crippen LogP contribution in [-0.4, -0.2) is 39.0 Å². The van der Waals surface area contributed by atoms with E-state index in [0.717, 1.165) is 19.3 Å². The predicted molar refractivity (Wildman–Crippen MR) is 58.1 cm³/mol. The third-order valence-electron chi connectivity index (χ3n) is 2.49. The number of nitrogens with two attached hydrogens (primary N) is 2. The molecule has 3 unspecified atom stereocenters. The SMILES string of the molecule is CCC(N)CCC(OC)C(N)COC. The van der Waals surface area contributed by atoms with Crippen molar-refractivity contribution in [1.82, 2.24) is 0 Å². The Kier molecular flexibility index (Phi) is 8.08. The Morgan fingerprint density at radius 2 is 1.79 bits per heavy atom. The molecule has 3 atom stereocenters. The van der Waals surface area contributed by atoms with Gasteiger partial charge in [0.15, 0.2) is 0 Å². The van der Waals surface area contributed by atoms with E-state index in [1.807, 2.05) is 0 Å². The first kappa shape index (κ1) is 13.8. The Morgan fingerprint density at radius 3 is 2.21 bits per heavy atom. The van der Waals surface area contributed by atoms with Gasteiger partial charge in [-0.05, 0) is 19.3 Å². The highest BCUT2D eigenvalue weighted by molar-refractivity contribution is 4.74. The van der Waals surface area contributed by atoms with Gasteiger partial charge in [0.2, 0.25) is 0 Å². The molecule has 0 aliphatic rings. The van der Waals surface area contributed by atoms with Crippen LogP contribution in [0.4, 0.5) is 0 Å². The maximum atomic E-state index is 5.88. The van der Waals surface area contributed by atoms with Crippen LogP contribution in [0.15, 0.2) is 0 Å². The highest BCUT2D eigenvalue weighted by atomic mass is 16.5. The molecule has 0 amide bonds. The molecule has 0 aromatic rings. The number of hydrogen-bond acceptors (Lipinski definition) is 4. The van der Waals surface area contributed by atoms with Gasteiger partial charge in [-0.1, -0.05) is 6.92 Å². The fourth-order valence-electron chi connectivity index (χ4n) is 1.39. The molecule has 0 aromatic carbocycles. The first-order valence-electron chi connectivity index (χ1n) is 5.18. The molecule has 0 aromatic heterocycles. The molecule has 0 aliphatic carbocycles. The van der Waals surface area contributed by atoms with Gasteiger partial charge in [-0.3, -0.25) is 0 Å². The van der Waals surface area contributed by atoms with Crippen LogP contribution >= 0.6 is 0 Å². The van der Waals surface area contributed by atoms with Gasteiger partial charge in [-0.2, -0.15) is 0 Å². The molecule has 0 fully saturated rings. The summed E-state index contributed by atoms with van der Waals surface area (Å²) in [5, 5.41) is 0. The van der Waals surface area contributed by atoms with Crippen LogP contribution in [0.2, 0.25) is 0 Å². The summed E-state index contributed by atoms with van der Waals surface area (Å²) in [6.07, 6.45) is 2.89. The van der Waals surface area contributed by atoms with Crippen molar-refractivity contribution in [2.45, 2.75) is 44.4 Å². The van der Waals surface area contributed by atoms with E-state index in [-0.39, 0.29) is 18.2 Å². The molecule has 86 valence electrons. The summed E-state index contributed by atoms with van der Waals surface area (Å²) in [5.74, 6) is 0. The summed E-state index contributed by atoms with van der Waals surface area (Å²) >= 11 is 0. The minimum absolute atomic E-state index is 0.0487. The average molecular weight is 204 g/mol. The quantitative estimate of drug-likeness (QED) is 0.604. The summed E-state index contributed by atoms with van der Waals surface area (Å²) in [7, 11) is 3.32.